The van der Waals surface area contributed by atoms with Gasteiger partial charge in [-0.1, -0.05) is 48.5 Å². The zero-order valence-electron chi connectivity index (χ0n) is 38.3. The number of H-pyrrole nitrogens is 1. The summed E-state index contributed by atoms with van der Waals surface area (Å²) in [5, 5.41) is 7.37. The largest absolute Gasteiger partial charge is 0.443 e. The SMILES string of the molecule is CC(C)(C)OC(=O)N1Cc2c(c3ccc4cnc(-c5cccc(S(C)(=O)=O)c5)cc4c3n2C(=O)OC(C)(C)C)C1=O.CS(=O)(=O)c1cccc(-c2cc3c(ccc4c5c([nH]c43)CNC5=O)cn2)c1. The van der Waals surface area contributed by atoms with E-state index in [4.69, 9.17) is 9.47 Å². The number of imide groups is 1. The van der Waals surface area contributed by atoms with Crippen molar-refractivity contribution in [2.75, 3.05) is 12.5 Å². The predicted octanol–water partition coefficient (Wildman–Crippen LogP) is 8.96. The van der Waals surface area contributed by atoms with Gasteiger partial charge in [0.1, 0.15) is 11.2 Å². The van der Waals surface area contributed by atoms with Crippen LogP contribution >= 0.6 is 0 Å². The highest BCUT2D eigenvalue weighted by Crippen LogP contribution is 2.40. The second-order valence-corrected chi connectivity index (χ2v) is 22.8. The summed E-state index contributed by atoms with van der Waals surface area (Å²) >= 11 is 0. The van der Waals surface area contributed by atoms with E-state index in [1.807, 2.05) is 24.3 Å². The maximum Gasteiger partial charge on any atom is 0.419 e. The molecule has 3 amide bonds. The fraction of sp³-hybridized carbons (Fsp3) is 0.240. The molecule has 68 heavy (non-hydrogen) atoms. The Balaban J connectivity index is 0.000000184. The third-order valence-electron chi connectivity index (χ3n) is 11.4. The lowest BCUT2D eigenvalue weighted by molar-refractivity contribution is 0.0241. The third-order valence-corrected chi connectivity index (χ3v) is 13.6. The van der Waals surface area contributed by atoms with Gasteiger partial charge in [-0.25, -0.2) is 35.9 Å². The number of nitrogens with zero attached hydrogens (tertiary/aromatic N) is 4. The van der Waals surface area contributed by atoms with E-state index in [9.17, 15) is 36.0 Å². The fourth-order valence-corrected chi connectivity index (χ4v) is 9.77. The molecular weight excluding hydrogens is 909 g/mol. The van der Waals surface area contributed by atoms with Gasteiger partial charge in [0, 0.05) is 74.0 Å². The number of rotatable bonds is 4. The second kappa shape index (κ2) is 16.1. The van der Waals surface area contributed by atoms with E-state index in [2.05, 4.69) is 20.3 Å². The number of ether oxygens (including phenoxy) is 2. The van der Waals surface area contributed by atoms with Gasteiger partial charge in [-0.2, -0.15) is 0 Å². The van der Waals surface area contributed by atoms with Crippen LogP contribution in [0.4, 0.5) is 9.59 Å². The number of aromatic amines is 1. The van der Waals surface area contributed by atoms with Gasteiger partial charge in [0.05, 0.1) is 62.1 Å². The van der Waals surface area contributed by atoms with Crippen molar-refractivity contribution in [3.8, 4) is 22.5 Å². The molecule has 8 aromatic rings. The van der Waals surface area contributed by atoms with Crippen LogP contribution in [0.5, 0.6) is 0 Å². The minimum Gasteiger partial charge on any atom is -0.443 e. The number of nitrogens with one attached hydrogen (secondary N) is 2. The molecule has 0 unspecified atom stereocenters. The molecule has 0 atom stereocenters. The molecule has 4 aromatic carbocycles. The quantitative estimate of drug-likeness (QED) is 0.169. The number of hydrogen-bond donors (Lipinski definition) is 2. The van der Waals surface area contributed by atoms with Gasteiger partial charge < -0.3 is 19.8 Å². The maximum absolute atomic E-state index is 13.7. The molecule has 0 saturated carbocycles. The van der Waals surface area contributed by atoms with Gasteiger partial charge in [0.2, 0.25) is 0 Å². The lowest BCUT2D eigenvalue weighted by atomic mass is 10.0. The molecule has 18 heteroatoms. The average Bonchev–Trinajstić information content (AvgIpc) is 4.01. The number of carbonyl (C=O) groups excluding carboxylic acids is 4. The Morgan fingerprint density at radius 1 is 0.647 bits per heavy atom. The van der Waals surface area contributed by atoms with Crippen LogP contribution in [-0.4, -0.2) is 89.0 Å². The van der Waals surface area contributed by atoms with Gasteiger partial charge in [0.25, 0.3) is 11.8 Å². The first-order valence-corrected chi connectivity index (χ1v) is 25.2. The molecule has 0 spiro atoms. The lowest BCUT2D eigenvalue weighted by Gasteiger charge is -2.24. The Bertz CT molecular complexity index is 3730. The topological polar surface area (TPSA) is 217 Å². The molecule has 0 fully saturated rings. The number of amides is 3. The van der Waals surface area contributed by atoms with Crippen LogP contribution in [0.25, 0.3) is 65.9 Å². The number of sulfone groups is 2. The Hall–Kier alpha value is -7.44. The summed E-state index contributed by atoms with van der Waals surface area (Å²) in [7, 11) is -6.74. The van der Waals surface area contributed by atoms with Crippen LogP contribution in [0.2, 0.25) is 0 Å². The zero-order valence-corrected chi connectivity index (χ0v) is 40.0. The summed E-state index contributed by atoms with van der Waals surface area (Å²) < 4.78 is 60.5. The Morgan fingerprint density at radius 2 is 1.18 bits per heavy atom. The molecule has 2 aliphatic heterocycles. The lowest BCUT2D eigenvalue weighted by Crippen LogP contribution is -2.37. The van der Waals surface area contributed by atoms with Gasteiger partial charge in [-0.3, -0.25) is 19.6 Å². The van der Waals surface area contributed by atoms with Gasteiger partial charge in [-0.05, 0) is 77.9 Å². The number of carbonyl (C=O) groups is 4. The number of benzene rings is 4. The number of pyridine rings is 2. The van der Waals surface area contributed by atoms with Crippen molar-refractivity contribution < 1.29 is 45.5 Å². The van der Waals surface area contributed by atoms with Crippen molar-refractivity contribution in [1.82, 2.24) is 29.7 Å². The van der Waals surface area contributed by atoms with Crippen molar-refractivity contribution in [2.24, 2.45) is 0 Å². The average molecular weight is 955 g/mol. The summed E-state index contributed by atoms with van der Waals surface area (Å²) in [5.41, 5.74) is 4.26. The highest BCUT2D eigenvalue weighted by atomic mass is 32.2. The Labute approximate surface area is 391 Å². The first-order chi connectivity index (χ1) is 31.9. The van der Waals surface area contributed by atoms with E-state index in [-0.39, 0.29) is 27.8 Å². The molecule has 6 heterocycles. The minimum atomic E-state index is -3.45. The Kier molecular flexibility index (Phi) is 10.8. The van der Waals surface area contributed by atoms with Crippen LogP contribution in [0.1, 0.15) is 73.6 Å². The van der Waals surface area contributed by atoms with Crippen molar-refractivity contribution in [3.05, 3.63) is 120 Å². The summed E-state index contributed by atoms with van der Waals surface area (Å²) in [4.78, 5) is 66.1. The van der Waals surface area contributed by atoms with Gasteiger partial charge >= 0.3 is 12.2 Å². The molecule has 0 bridgehead atoms. The molecule has 348 valence electrons. The summed E-state index contributed by atoms with van der Waals surface area (Å²) in [6.45, 7) is 10.7. The maximum atomic E-state index is 13.7. The normalized spacial score (nSPS) is 14.0. The zero-order chi connectivity index (χ0) is 48.8. The number of aromatic nitrogens is 4. The summed E-state index contributed by atoms with van der Waals surface area (Å²) in [6.07, 6.45) is 4.21. The van der Waals surface area contributed by atoms with Gasteiger partial charge in [-0.15, -0.1) is 0 Å². The summed E-state index contributed by atoms with van der Waals surface area (Å²) in [6, 6.07) is 24.3. The molecule has 10 rings (SSSR count). The van der Waals surface area contributed by atoms with Crippen molar-refractivity contribution in [3.63, 3.8) is 0 Å². The molecular formula is C50H46N6O10S2. The van der Waals surface area contributed by atoms with Crippen LogP contribution in [-0.2, 0) is 42.2 Å². The monoisotopic (exact) mass is 954 g/mol. The van der Waals surface area contributed by atoms with E-state index < -0.39 is 49.0 Å². The standard InChI is InChI=1S/C30H31N3O7S.C20H15N3O3S/c1-29(2,3)39-27(35)32-16-23-24(26(32)34)20-12-11-18-15-31-22(17-9-8-10-19(13-17)41(7,37)38)14-21(18)25(20)33(23)28(36)40-30(4,5)6;1-27(25,26)13-4-2-3-11(7-13)16-8-15-12(9-21-16)5-6-14-18-17(23-19(14)15)10-22-20(18)24/h8-15H,16H2,1-7H3;2-9,23H,10H2,1H3,(H,22,24). The first-order valence-electron chi connectivity index (χ1n) is 21.4. The van der Waals surface area contributed by atoms with Gasteiger partial charge in [0.15, 0.2) is 19.7 Å². The molecule has 2 N–H and O–H groups in total. The highest BCUT2D eigenvalue weighted by Gasteiger charge is 2.42. The molecule has 2 aliphatic rings. The highest BCUT2D eigenvalue weighted by molar-refractivity contribution is 7.91. The predicted molar refractivity (Wildman–Crippen MR) is 257 cm³/mol. The fourth-order valence-electron chi connectivity index (χ4n) is 8.44. The third kappa shape index (κ3) is 8.45. The van der Waals surface area contributed by atoms with Crippen molar-refractivity contribution in [1.29, 1.82) is 0 Å². The molecule has 4 aromatic heterocycles. The van der Waals surface area contributed by atoms with E-state index in [1.165, 1.54) is 16.9 Å². The Morgan fingerprint density at radius 3 is 1.74 bits per heavy atom. The van der Waals surface area contributed by atoms with E-state index in [0.29, 0.717) is 56.4 Å². The van der Waals surface area contributed by atoms with Crippen molar-refractivity contribution in [2.45, 2.75) is 75.6 Å². The second-order valence-electron chi connectivity index (χ2n) is 18.8. The molecule has 0 saturated heterocycles. The minimum absolute atomic E-state index is 0.0641. The van der Waals surface area contributed by atoms with Crippen LogP contribution in [0, 0.1) is 0 Å². The van der Waals surface area contributed by atoms with Crippen LogP contribution in [0.3, 0.4) is 0 Å². The molecule has 0 aliphatic carbocycles. The van der Waals surface area contributed by atoms with E-state index in [1.54, 1.807) is 109 Å². The van der Waals surface area contributed by atoms with E-state index in [0.717, 1.165) is 44.1 Å². The molecule has 16 nitrogen and oxygen atoms in total. The van der Waals surface area contributed by atoms with Crippen molar-refractivity contribution >= 4 is 87.0 Å². The number of hydrogen-bond acceptors (Lipinski definition) is 12. The van der Waals surface area contributed by atoms with Crippen LogP contribution in [0.15, 0.2) is 107 Å². The molecule has 0 radical (unpaired) electrons. The van der Waals surface area contributed by atoms with E-state index >= 15 is 0 Å². The first kappa shape index (κ1) is 45.7. The van der Waals surface area contributed by atoms with Crippen LogP contribution < -0.4 is 5.32 Å². The smallest absolute Gasteiger partial charge is 0.419 e. The number of fused-ring (bicyclic) bond motifs is 10. The summed E-state index contributed by atoms with van der Waals surface area (Å²) in [5.74, 6) is -0.637.